The topological polar surface area (TPSA) is 67.9 Å². The van der Waals surface area contributed by atoms with Gasteiger partial charge in [0.2, 0.25) is 0 Å². The van der Waals surface area contributed by atoms with Crippen molar-refractivity contribution in [2.75, 3.05) is 31.6 Å². The van der Waals surface area contributed by atoms with Crippen molar-refractivity contribution in [3.63, 3.8) is 0 Å². The van der Waals surface area contributed by atoms with Crippen LogP contribution in [0, 0.1) is 0 Å². The van der Waals surface area contributed by atoms with E-state index in [2.05, 4.69) is 19.2 Å². The normalized spacial score (nSPS) is 15.1. The molecule has 6 heteroatoms. The number of hydrogen-bond donors (Lipinski definition) is 1. The Morgan fingerprint density at radius 3 is 2.38 bits per heavy atom. The van der Waals surface area contributed by atoms with Crippen molar-refractivity contribution in [3.8, 4) is 5.75 Å². The van der Waals surface area contributed by atoms with Crippen LogP contribution in [0.2, 0.25) is 0 Å². The Labute approximate surface area is 171 Å². The van der Waals surface area contributed by atoms with E-state index in [9.17, 15) is 9.59 Å². The molecule has 1 saturated heterocycles. The van der Waals surface area contributed by atoms with E-state index in [1.807, 2.05) is 24.3 Å². The van der Waals surface area contributed by atoms with Gasteiger partial charge in [0.25, 0.3) is 11.8 Å². The summed E-state index contributed by atoms with van der Waals surface area (Å²) in [5, 5.41) is 2.86. The number of nitrogens with one attached hydrogen (secondary N) is 1. The number of anilines is 1. The summed E-state index contributed by atoms with van der Waals surface area (Å²) in [5.41, 5.74) is 2.01. The predicted molar refractivity (Wildman–Crippen MR) is 112 cm³/mol. The van der Waals surface area contributed by atoms with Crippen LogP contribution in [0.5, 0.6) is 5.75 Å². The number of carbonyl (C=O) groups excluding carboxylic acids is 2. The molecule has 1 N–H and O–H groups in total. The minimum absolute atomic E-state index is 0.108. The van der Waals surface area contributed by atoms with Crippen LogP contribution in [-0.2, 0) is 9.53 Å². The zero-order chi connectivity index (χ0) is 20.8. The molecule has 1 aliphatic heterocycles. The molecule has 0 radical (unpaired) electrons. The molecule has 2 aromatic carbocycles. The standard InChI is InChI=1S/C23H28N2O4/c1-16(2)18-8-5-7-11-21(18)29-17(3)22(26)24-20-10-6-4-9-19(20)23(27)25-12-14-28-15-13-25/h4-11,16-17H,12-15H2,1-3H3,(H,24,26). The number of ether oxygens (including phenoxy) is 2. The van der Waals surface area contributed by atoms with Crippen LogP contribution in [0.1, 0.15) is 42.6 Å². The van der Waals surface area contributed by atoms with E-state index in [1.165, 1.54) is 0 Å². The molecular weight excluding hydrogens is 368 g/mol. The largest absolute Gasteiger partial charge is 0.481 e. The van der Waals surface area contributed by atoms with Gasteiger partial charge < -0.3 is 19.7 Å². The minimum atomic E-state index is -0.707. The molecule has 1 fully saturated rings. The first-order valence-electron chi connectivity index (χ1n) is 10.00. The number of rotatable bonds is 6. The number of amides is 2. The van der Waals surface area contributed by atoms with E-state index in [1.54, 1.807) is 36.1 Å². The van der Waals surface area contributed by atoms with Gasteiger partial charge in [-0.05, 0) is 36.6 Å². The summed E-state index contributed by atoms with van der Waals surface area (Å²) in [4.78, 5) is 27.4. The number of nitrogens with zero attached hydrogens (tertiary/aromatic N) is 1. The maximum atomic E-state index is 12.9. The molecule has 0 aromatic heterocycles. The SMILES string of the molecule is CC(Oc1ccccc1C(C)C)C(=O)Nc1ccccc1C(=O)N1CCOCC1. The molecule has 2 aromatic rings. The van der Waals surface area contributed by atoms with Gasteiger partial charge in [-0.3, -0.25) is 9.59 Å². The van der Waals surface area contributed by atoms with Crippen molar-refractivity contribution in [1.82, 2.24) is 4.90 Å². The van der Waals surface area contributed by atoms with Crippen molar-refractivity contribution in [3.05, 3.63) is 59.7 Å². The van der Waals surface area contributed by atoms with E-state index in [0.29, 0.717) is 43.3 Å². The molecule has 1 heterocycles. The molecule has 1 aliphatic rings. The maximum absolute atomic E-state index is 12.9. The summed E-state index contributed by atoms with van der Waals surface area (Å²) in [6.07, 6.45) is -0.707. The van der Waals surface area contributed by atoms with Gasteiger partial charge in [-0.25, -0.2) is 0 Å². The summed E-state index contributed by atoms with van der Waals surface area (Å²) >= 11 is 0. The van der Waals surface area contributed by atoms with Crippen molar-refractivity contribution >= 4 is 17.5 Å². The first-order chi connectivity index (χ1) is 14.0. The van der Waals surface area contributed by atoms with Gasteiger partial charge in [-0.1, -0.05) is 44.2 Å². The second kappa shape index (κ2) is 9.56. The third-order valence-electron chi connectivity index (χ3n) is 4.93. The molecular formula is C23H28N2O4. The molecule has 1 unspecified atom stereocenters. The third-order valence-corrected chi connectivity index (χ3v) is 4.93. The average molecular weight is 396 g/mol. The lowest BCUT2D eigenvalue weighted by Gasteiger charge is -2.27. The Morgan fingerprint density at radius 2 is 1.66 bits per heavy atom. The van der Waals surface area contributed by atoms with Crippen molar-refractivity contribution in [2.45, 2.75) is 32.8 Å². The van der Waals surface area contributed by atoms with Crippen LogP contribution in [0.4, 0.5) is 5.69 Å². The summed E-state index contributed by atoms with van der Waals surface area (Å²) in [7, 11) is 0. The van der Waals surface area contributed by atoms with E-state index in [0.717, 1.165) is 5.56 Å². The Bertz CT molecular complexity index is 859. The summed E-state index contributed by atoms with van der Waals surface area (Å²) < 4.78 is 11.2. The second-order valence-electron chi connectivity index (χ2n) is 7.39. The number of morpholine rings is 1. The second-order valence-corrected chi connectivity index (χ2v) is 7.39. The van der Waals surface area contributed by atoms with E-state index >= 15 is 0 Å². The number of carbonyl (C=O) groups is 2. The van der Waals surface area contributed by atoms with Crippen LogP contribution in [0.15, 0.2) is 48.5 Å². The van der Waals surface area contributed by atoms with Crippen LogP contribution in [0.25, 0.3) is 0 Å². The van der Waals surface area contributed by atoms with E-state index in [-0.39, 0.29) is 17.7 Å². The highest BCUT2D eigenvalue weighted by molar-refractivity contribution is 6.04. The zero-order valence-electron chi connectivity index (χ0n) is 17.2. The van der Waals surface area contributed by atoms with Crippen LogP contribution < -0.4 is 10.1 Å². The monoisotopic (exact) mass is 396 g/mol. The molecule has 29 heavy (non-hydrogen) atoms. The number of para-hydroxylation sites is 2. The molecule has 2 amide bonds. The summed E-state index contributed by atoms with van der Waals surface area (Å²) in [6, 6.07) is 14.8. The fourth-order valence-electron chi connectivity index (χ4n) is 3.26. The van der Waals surface area contributed by atoms with Crippen LogP contribution in [0.3, 0.4) is 0 Å². The van der Waals surface area contributed by atoms with Crippen molar-refractivity contribution in [2.24, 2.45) is 0 Å². The van der Waals surface area contributed by atoms with Gasteiger partial charge in [0.05, 0.1) is 24.5 Å². The predicted octanol–water partition coefficient (Wildman–Crippen LogP) is 3.69. The lowest BCUT2D eigenvalue weighted by molar-refractivity contribution is -0.122. The van der Waals surface area contributed by atoms with Gasteiger partial charge >= 0.3 is 0 Å². The zero-order valence-corrected chi connectivity index (χ0v) is 17.2. The molecule has 0 bridgehead atoms. The molecule has 154 valence electrons. The third kappa shape index (κ3) is 5.15. The van der Waals surface area contributed by atoms with Crippen molar-refractivity contribution < 1.29 is 19.1 Å². The van der Waals surface area contributed by atoms with E-state index < -0.39 is 6.10 Å². The van der Waals surface area contributed by atoms with Gasteiger partial charge in [-0.2, -0.15) is 0 Å². The Kier molecular flexibility index (Phi) is 6.88. The van der Waals surface area contributed by atoms with Crippen molar-refractivity contribution in [1.29, 1.82) is 0 Å². The number of benzene rings is 2. The molecule has 3 rings (SSSR count). The minimum Gasteiger partial charge on any atom is -0.481 e. The van der Waals surface area contributed by atoms with Gasteiger partial charge in [-0.15, -0.1) is 0 Å². The highest BCUT2D eigenvalue weighted by Gasteiger charge is 2.23. The number of hydrogen-bond acceptors (Lipinski definition) is 4. The van der Waals surface area contributed by atoms with Gasteiger partial charge in [0, 0.05) is 13.1 Å². The Morgan fingerprint density at radius 1 is 1.00 bits per heavy atom. The highest BCUT2D eigenvalue weighted by atomic mass is 16.5. The van der Waals surface area contributed by atoms with Gasteiger partial charge in [0.15, 0.2) is 6.10 Å². The smallest absolute Gasteiger partial charge is 0.265 e. The molecule has 0 aliphatic carbocycles. The van der Waals surface area contributed by atoms with Gasteiger partial charge in [0.1, 0.15) is 5.75 Å². The maximum Gasteiger partial charge on any atom is 0.265 e. The summed E-state index contributed by atoms with van der Waals surface area (Å²) in [6.45, 7) is 8.03. The van der Waals surface area contributed by atoms with Crippen LogP contribution in [-0.4, -0.2) is 49.1 Å². The lowest BCUT2D eigenvalue weighted by Crippen LogP contribution is -2.41. The van der Waals surface area contributed by atoms with E-state index in [4.69, 9.17) is 9.47 Å². The fraction of sp³-hybridized carbons (Fsp3) is 0.391. The first-order valence-corrected chi connectivity index (χ1v) is 10.00. The first kappa shape index (κ1) is 20.9. The summed E-state index contributed by atoms with van der Waals surface area (Å²) in [5.74, 6) is 0.574. The molecule has 6 nitrogen and oxygen atoms in total. The Balaban J connectivity index is 1.71. The molecule has 0 saturated carbocycles. The molecule has 0 spiro atoms. The quantitative estimate of drug-likeness (QED) is 0.809. The lowest BCUT2D eigenvalue weighted by atomic mass is 10.0. The average Bonchev–Trinajstić information content (AvgIpc) is 2.74. The molecule has 1 atom stereocenters. The van der Waals surface area contributed by atoms with Crippen LogP contribution >= 0.6 is 0 Å². The Hall–Kier alpha value is -2.86. The fourth-order valence-corrected chi connectivity index (χ4v) is 3.26. The highest BCUT2D eigenvalue weighted by Crippen LogP contribution is 2.27.